The lowest BCUT2D eigenvalue weighted by Crippen LogP contribution is -2.48. The van der Waals surface area contributed by atoms with Crippen LogP contribution >= 0.6 is 0 Å². The molecular formula is C15H27NO3. The minimum absolute atomic E-state index is 0.138. The molecule has 1 saturated heterocycles. The minimum atomic E-state index is -0.192. The highest BCUT2D eigenvalue weighted by molar-refractivity contribution is 5.77. The monoisotopic (exact) mass is 269 g/mol. The predicted octanol–water partition coefficient (Wildman–Crippen LogP) is 2.55. The van der Waals surface area contributed by atoms with Crippen LogP contribution in [0.5, 0.6) is 0 Å². The summed E-state index contributed by atoms with van der Waals surface area (Å²) in [5.74, 6) is 0.0658. The second kappa shape index (κ2) is 8.31. The van der Waals surface area contributed by atoms with Crippen LogP contribution in [0.15, 0.2) is 0 Å². The van der Waals surface area contributed by atoms with Crippen molar-refractivity contribution in [3.8, 4) is 0 Å². The number of likely N-dealkylation sites (tertiary alicyclic amines) is 1. The van der Waals surface area contributed by atoms with Gasteiger partial charge >= 0.3 is 5.97 Å². The van der Waals surface area contributed by atoms with Crippen LogP contribution in [-0.2, 0) is 14.3 Å². The molecule has 0 N–H and O–H groups in total. The molecule has 1 aliphatic rings. The van der Waals surface area contributed by atoms with Gasteiger partial charge < -0.3 is 4.74 Å². The maximum atomic E-state index is 12.1. The van der Waals surface area contributed by atoms with Gasteiger partial charge in [0.05, 0.1) is 6.61 Å². The van der Waals surface area contributed by atoms with Gasteiger partial charge in [-0.2, -0.15) is 0 Å². The maximum Gasteiger partial charge on any atom is 0.323 e. The molecule has 0 saturated carbocycles. The molecule has 110 valence electrons. The fourth-order valence-electron chi connectivity index (χ4n) is 2.94. The van der Waals surface area contributed by atoms with Gasteiger partial charge in [-0.25, -0.2) is 0 Å². The largest absolute Gasteiger partial charge is 0.465 e. The topological polar surface area (TPSA) is 46.6 Å². The minimum Gasteiger partial charge on any atom is -0.465 e. The SMILES string of the molecule is CCOC(=O)C(CC)N1CCCCCC1CC(C)=O. The van der Waals surface area contributed by atoms with Gasteiger partial charge in [0.1, 0.15) is 11.8 Å². The highest BCUT2D eigenvalue weighted by atomic mass is 16.5. The van der Waals surface area contributed by atoms with Crippen molar-refractivity contribution in [3.63, 3.8) is 0 Å². The van der Waals surface area contributed by atoms with E-state index in [0.29, 0.717) is 13.0 Å². The summed E-state index contributed by atoms with van der Waals surface area (Å²) in [6.07, 6.45) is 5.74. The van der Waals surface area contributed by atoms with Crippen LogP contribution in [0, 0.1) is 0 Å². The number of hydrogen-bond donors (Lipinski definition) is 0. The lowest BCUT2D eigenvalue weighted by atomic mass is 10.0. The molecule has 0 radical (unpaired) electrons. The summed E-state index contributed by atoms with van der Waals surface area (Å²) in [5.41, 5.74) is 0. The maximum absolute atomic E-state index is 12.1. The molecule has 1 aliphatic heterocycles. The van der Waals surface area contributed by atoms with E-state index in [2.05, 4.69) is 4.90 Å². The van der Waals surface area contributed by atoms with Gasteiger partial charge in [-0.3, -0.25) is 14.5 Å². The van der Waals surface area contributed by atoms with Gasteiger partial charge in [0, 0.05) is 12.5 Å². The number of ketones is 1. The molecule has 1 heterocycles. The number of rotatable bonds is 6. The van der Waals surface area contributed by atoms with E-state index >= 15 is 0 Å². The van der Waals surface area contributed by atoms with Crippen LogP contribution in [0.25, 0.3) is 0 Å². The first kappa shape index (κ1) is 16.2. The van der Waals surface area contributed by atoms with Gasteiger partial charge in [-0.15, -0.1) is 0 Å². The molecule has 0 aliphatic carbocycles. The third kappa shape index (κ3) is 4.94. The number of carbonyl (C=O) groups excluding carboxylic acids is 2. The molecule has 1 rings (SSSR count). The van der Waals surface area contributed by atoms with E-state index < -0.39 is 0 Å². The lowest BCUT2D eigenvalue weighted by Gasteiger charge is -2.34. The Balaban J connectivity index is 2.80. The standard InChI is InChI=1S/C15H27NO3/c1-4-14(15(18)19-5-2)16-10-8-6-7-9-13(16)11-12(3)17/h13-14H,4-11H2,1-3H3. The summed E-state index contributed by atoms with van der Waals surface area (Å²) in [6.45, 7) is 6.79. The van der Waals surface area contributed by atoms with Crippen LogP contribution in [0.2, 0.25) is 0 Å². The fraction of sp³-hybridized carbons (Fsp3) is 0.867. The smallest absolute Gasteiger partial charge is 0.323 e. The molecule has 0 aromatic rings. The Kier molecular flexibility index (Phi) is 7.06. The van der Waals surface area contributed by atoms with E-state index in [1.54, 1.807) is 6.92 Å². The van der Waals surface area contributed by atoms with Gasteiger partial charge in [-0.1, -0.05) is 19.8 Å². The summed E-state index contributed by atoms with van der Waals surface area (Å²) >= 11 is 0. The summed E-state index contributed by atoms with van der Waals surface area (Å²) < 4.78 is 5.18. The Morgan fingerprint density at radius 3 is 2.58 bits per heavy atom. The van der Waals surface area contributed by atoms with Gasteiger partial charge in [0.25, 0.3) is 0 Å². The Hall–Kier alpha value is -0.900. The Morgan fingerprint density at radius 1 is 1.26 bits per heavy atom. The van der Waals surface area contributed by atoms with E-state index in [9.17, 15) is 9.59 Å². The van der Waals surface area contributed by atoms with Crippen LogP contribution < -0.4 is 0 Å². The van der Waals surface area contributed by atoms with Gasteiger partial charge in [0.15, 0.2) is 0 Å². The van der Waals surface area contributed by atoms with Crippen molar-refractivity contribution in [1.29, 1.82) is 0 Å². The second-order valence-corrected chi connectivity index (χ2v) is 5.32. The molecule has 0 spiro atoms. The van der Waals surface area contributed by atoms with E-state index in [1.165, 1.54) is 6.42 Å². The molecule has 1 fully saturated rings. The van der Waals surface area contributed by atoms with Crippen molar-refractivity contribution in [2.45, 2.75) is 71.4 Å². The molecular weight excluding hydrogens is 242 g/mol. The van der Waals surface area contributed by atoms with E-state index in [0.717, 1.165) is 32.2 Å². The van der Waals surface area contributed by atoms with Crippen molar-refractivity contribution < 1.29 is 14.3 Å². The quantitative estimate of drug-likeness (QED) is 0.695. The predicted molar refractivity (Wildman–Crippen MR) is 75.0 cm³/mol. The van der Waals surface area contributed by atoms with Crippen LogP contribution in [-0.4, -0.2) is 41.9 Å². The highest BCUT2D eigenvalue weighted by Gasteiger charge is 2.32. The number of ether oxygens (including phenoxy) is 1. The molecule has 2 atom stereocenters. The first-order valence-corrected chi connectivity index (χ1v) is 7.51. The molecule has 0 aromatic carbocycles. The average molecular weight is 269 g/mol. The van der Waals surface area contributed by atoms with Crippen LogP contribution in [0.3, 0.4) is 0 Å². The van der Waals surface area contributed by atoms with Crippen molar-refractivity contribution in [1.82, 2.24) is 4.90 Å². The van der Waals surface area contributed by atoms with Crippen LogP contribution in [0.1, 0.15) is 59.3 Å². The average Bonchev–Trinajstić information content (AvgIpc) is 2.56. The van der Waals surface area contributed by atoms with E-state index in [1.807, 2.05) is 13.8 Å². The third-order valence-corrected chi connectivity index (χ3v) is 3.79. The Bertz CT molecular complexity index is 304. The first-order valence-electron chi connectivity index (χ1n) is 7.51. The summed E-state index contributed by atoms with van der Waals surface area (Å²) in [7, 11) is 0. The van der Waals surface area contributed by atoms with Crippen LogP contribution in [0.4, 0.5) is 0 Å². The fourth-order valence-corrected chi connectivity index (χ4v) is 2.94. The van der Waals surface area contributed by atoms with Gasteiger partial charge in [0.2, 0.25) is 0 Å². The summed E-state index contributed by atoms with van der Waals surface area (Å²) in [5, 5.41) is 0. The molecule has 2 unspecified atom stereocenters. The third-order valence-electron chi connectivity index (χ3n) is 3.79. The first-order chi connectivity index (χ1) is 9.10. The number of Topliss-reactive ketones (excluding diaryl/α,β-unsaturated/α-hetero) is 1. The number of carbonyl (C=O) groups is 2. The zero-order valence-electron chi connectivity index (χ0n) is 12.5. The number of nitrogens with zero attached hydrogens (tertiary/aromatic N) is 1. The number of esters is 1. The van der Waals surface area contributed by atoms with E-state index in [-0.39, 0.29) is 23.8 Å². The molecule has 19 heavy (non-hydrogen) atoms. The molecule has 0 amide bonds. The Labute approximate surface area is 116 Å². The molecule has 4 heteroatoms. The molecule has 0 aromatic heterocycles. The molecule has 4 nitrogen and oxygen atoms in total. The zero-order valence-corrected chi connectivity index (χ0v) is 12.5. The van der Waals surface area contributed by atoms with Crippen molar-refractivity contribution in [3.05, 3.63) is 0 Å². The Morgan fingerprint density at radius 2 is 2.00 bits per heavy atom. The lowest BCUT2D eigenvalue weighted by molar-refractivity contribution is -0.151. The second-order valence-electron chi connectivity index (χ2n) is 5.32. The normalized spacial score (nSPS) is 22.6. The van der Waals surface area contributed by atoms with Crippen molar-refractivity contribution in [2.24, 2.45) is 0 Å². The summed E-state index contributed by atoms with van der Waals surface area (Å²) in [4.78, 5) is 25.7. The highest BCUT2D eigenvalue weighted by Crippen LogP contribution is 2.23. The summed E-state index contributed by atoms with van der Waals surface area (Å²) in [6, 6.07) is 0.0109. The van der Waals surface area contributed by atoms with E-state index in [4.69, 9.17) is 4.74 Å². The zero-order chi connectivity index (χ0) is 14.3. The van der Waals surface area contributed by atoms with Crippen molar-refractivity contribution in [2.75, 3.05) is 13.2 Å². The van der Waals surface area contributed by atoms with Crippen molar-refractivity contribution >= 4 is 11.8 Å². The number of hydrogen-bond acceptors (Lipinski definition) is 4. The van der Waals surface area contributed by atoms with Gasteiger partial charge in [-0.05, 0) is 39.7 Å². The molecule has 0 bridgehead atoms.